The van der Waals surface area contributed by atoms with Gasteiger partial charge >= 0.3 is 5.91 Å². The predicted molar refractivity (Wildman–Crippen MR) is 46.3 cm³/mol. The Labute approximate surface area is 75.1 Å². The molecule has 2 rings (SSSR count). The van der Waals surface area contributed by atoms with Gasteiger partial charge in [-0.3, -0.25) is 9.97 Å². The van der Waals surface area contributed by atoms with Gasteiger partial charge in [0, 0.05) is 0 Å². The molecule has 0 aliphatic carbocycles. The first kappa shape index (κ1) is 8.18. The van der Waals surface area contributed by atoms with E-state index in [2.05, 4.69) is 5.53 Å². The second-order valence-corrected chi connectivity index (χ2v) is 2.78. The molecule has 2 N–H and O–H groups in total. The van der Waals surface area contributed by atoms with E-state index in [0.717, 1.165) is 0 Å². The molecule has 0 aromatic heterocycles. The lowest BCUT2D eigenvalue weighted by Crippen LogP contribution is -3.12. The van der Waals surface area contributed by atoms with Crippen molar-refractivity contribution in [3.8, 4) is 0 Å². The lowest BCUT2D eigenvalue weighted by molar-refractivity contribution is -0.878. The molecule has 1 atom stereocenters. The molecule has 1 saturated heterocycles. The number of rotatable bonds is 1. The summed E-state index contributed by atoms with van der Waals surface area (Å²) in [4.78, 5) is 11.2. The Morgan fingerprint density at radius 3 is 2.62 bits per heavy atom. The summed E-state index contributed by atoms with van der Waals surface area (Å²) in [6.07, 6.45) is 0. The van der Waals surface area contributed by atoms with Crippen molar-refractivity contribution < 1.29 is 9.97 Å². The quantitative estimate of drug-likeness (QED) is 0.534. The summed E-state index contributed by atoms with van der Waals surface area (Å²) < 4.78 is 0. The fraction of sp³-hybridized carbons (Fsp3) is 0.125. The van der Waals surface area contributed by atoms with Crippen LogP contribution < -0.4 is 15.7 Å². The first-order chi connectivity index (χ1) is 6.27. The monoisotopic (exact) mass is 179 g/mol. The van der Waals surface area contributed by atoms with Crippen molar-refractivity contribution in [2.24, 2.45) is 0 Å². The van der Waals surface area contributed by atoms with Gasteiger partial charge in [-0.15, -0.1) is 0 Å². The number of hydroxylamine groups is 1. The van der Waals surface area contributed by atoms with Crippen molar-refractivity contribution in [2.45, 2.75) is 0 Å². The number of anilines is 1. The van der Waals surface area contributed by atoms with Gasteiger partial charge in [0.2, 0.25) is 0 Å². The van der Waals surface area contributed by atoms with Gasteiger partial charge in [0.25, 0.3) is 0 Å². The highest BCUT2D eigenvalue weighted by atomic mass is 16.6. The minimum atomic E-state index is -0.256. The summed E-state index contributed by atoms with van der Waals surface area (Å²) in [5, 5.41) is 11.9. The minimum absolute atomic E-state index is 0.0606. The van der Waals surface area contributed by atoms with Crippen LogP contribution in [0, 0.1) is 5.21 Å². The largest absolute Gasteiger partial charge is 0.611 e. The van der Waals surface area contributed by atoms with E-state index in [9.17, 15) is 10.0 Å². The van der Waals surface area contributed by atoms with Crippen LogP contribution in [-0.4, -0.2) is 12.5 Å². The molecule has 13 heavy (non-hydrogen) atoms. The summed E-state index contributed by atoms with van der Waals surface area (Å²) in [5.41, 5.74) is 3.16. The van der Waals surface area contributed by atoms with Gasteiger partial charge in [0.15, 0.2) is 6.54 Å². The van der Waals surface area contributed by atoms with Crippen LogP contribution in [0.4, 0.5) is 5.69 Å². The number of nitrogens with one attached hydrogen (secondary N) is 2. The molecule has 1 fully saturated rings. The number of hydrogen-bond acceptors (Lipinski definition) is 3. The number of benzene rings is 1. The van der Waals surface area contributed by atoms with Crippen molar-refractivity contribution >= 4 is 11.6 Å². The van der Waals surface area contributed by atoms with E-state index >= 15 is 0 Å². The smallest absolute Gasteiger partial charge is 0.302 e. The van der Waals surface area contributed by atoms with Crippen LogP contribution in [0.1, 0.15) is 0 Å². The number of quaternary nitrogens is 1. The maximum absolute atomic E-state index is 11.2. The zero-order chi connectivity index (χ0) is 9.26. The maximum atomic E-state index is 11.2. The van der Waals surface area contributed by atoms with E-state index in [4.69, 9.17) is 0 Å². The average molecular weight is 179 g/mol. The molecule has 5 heteroatoms. The normalized spacial score (nSPS) is 22.4. The van der Waals surface area contributed by atoms with Crippen LogP contribution in [0.15, 0.2) is 30.3 Å². The Hall–Kier alpha value is -1.43. The molecule has 0 bridgehead atoms. The number of hydrogen-bond donors (Lipinski definition) is 2. The fourth-order valence-electron chi connectivity index (χ4n) is 1.23. The van der Waals surface area contributed by atoms with E-state index in [1.54, 1.807) is 12.1 Å². The summed E-state index contributed by atoms with van der Waals surface area (Å²) in [5.74, 6) is -0.212. The molecule has 0 spiro atoms. The third-order valence-electron chi connectivity index (χ3n) is 1.81. The molecule has 1 amide bonds. The molecule has 1 aliphatic heterocycles. The van der Waals surface area contributed by atoms with Gasteiger partial charge < -0.3 is 5.21 Å². The Kier molecular flexibility index (Phi) is 1.97. The van der Waals surface area contributed by atoms with Gasteiger partial charge in [-0.05, 0) is 12.1 Å². The molecule has 68 valence electrons. The summed E-state index contributed by atoms with van der Waals surface area (Å²) in [6.45, 7) is -0.0606. The molecule has 1 aliphatic rings. The van der Waals surface area contributed by atoms with Crippen LogP contribution >= 0.6 is 0 Å². The summed E-state index contributed by atoms with van der Waals surface area (Å²) in [6, 6.07) is 9.01. The lowest BCUT2D eigenvalue weighted by Gasteiger charge is -2.16. The van der Waals surface area contributed by atoms with Gasteiger partial charge in [0.05, 0.1) is 5.69 Å². The minimum Gasteiger partial charge on any atom is -0.611 e. The lowest BCUT2D eigenvalue weighted by atomic mass is 10.3. The molecular weight excluding hydrogens is 170 g/mol. The summed E-state index contributed by atoms with van der Waals surface area (Å²) in [7, 11) is 0. The second kappa shape index (κ2) is 3.14. The van der Waals surface area contributed by atoms with Gasteiger partial charge in [-0.1, -0.05) is 23.7 Å². The highest BCUT2D eigenvalue weighted by molar-refractivity contribution is 5.93. The van der Waals surface area contributed by atoms with E-state index in [-0.39, 0.29) is 17.6 Å². The van der Waals surface area contributed by atoms with Crippen molar-refractivity contribution in [3.05, 3.63) is 35.5 Å². The molecule has 1 aromatic carbocycles. The standard InChI is InChI=1S/C8H9N3O2/c12-8-6-10(13)9-11(8)7-4-2-1-3-5-7/h1-5,9-10H,6H2. The van der Waals surface area contributed by atoms with E-state index in [0.29, 0.717) is 5.69 Å². The third-order valence-corrected chi connectivity index (χ3v) is 1.81. The molecular formula is C8H9N3O2. The Bertz CT molecular complexity index is 314. The average Bonchev–Trinajstić information content (AvgIpc) is 2.47. The highest BCUT2D eigenvalue weighted by Crippen LogP contribution is 2.10. The van der Waals surface area contributed by atoms with Crippen molar-refractivity contribution in [2.75, 3.05) is 11.6 Å². The van der Waals surface area contributed by atoms with Gasteiger partial charge in [0.1, 0.15) is 0 Å². The summed E-state index contributed by atoms with van der Waals surface area (Å²) >= 11 is 0. The third kappa shape index (κ3) is 1.52. The first-order valence-electron chi connectivity index (χ1n) is 3.95. The topological polar surface area (TPSA) is 59.8 Å². The number of carbonyl (C=O) groups is 1. The van der Waals surface area contributed by atoms with Crippen LogP contribution in [0.25, 0.3) is 0 Å². The van der Waals surface area contributed by atoms with Gasteiger partial charge in [-0.2, -0.15) is 5.01 Å². The fourth-order valence-corrected chi connectivity index (χ4v) is 1.23. The number of nitrogens with zero attached hydrogens (tertiary/aromatic N) is 1. The number of carbonyl (C=O) groups excluding carboxylic acids is 1. The molecule has 1 aromatic rings. The van der Waals surface area contributed by atoms with Crippen molar-refractivity contribution in [1.82, 2.24) is 5.53 Å². The number of amides is 1. The zero-order valence-corrected chi connectivity index (χ0v) is 6.86. The number of hydrazine groups is 1. The predicted octanol–water partition coefficient (Wildman–Crippen LogP) is -1.16. The van der Waals surface area contributed by atoms with E-state index in [1.165, 1.54) is 5.01 Å². The van der Waals surface area contributed by atoms with Crippen LogP contribution in [-0.2, 0) is 4.79 Å². The van der Waals surface area contributed by atoms with Crippen LogP contribution in [0.5, 0.6) is 0 Å². The van der Waals surface area contributed by atoms with E-state index in [1.807, 2.05) is 18.2 Å². The molecule has 0 radical (unpaired) electrons. The van der Waals surface area contributed by atoms with Gasteiger partial charge in [-0.25, -0.2) is 0 Å². The highest BCUT2D eigenvalue weighted by Gasteiger charge is 2.27. The Morgan fingerprint density at radius 2 is 2.08 bits per heavy atom. The van der Waals surface area contributed by atoms with Crippen molar-refractivity contribution in [3.63, 3.8) is 0 Å². The maximum Gasteiger partial charge on any atom is 0.302 e. The molecule has 0 saturated carbocycles. The Balaban J connectivity index is 2.23. The zero-order valence-electron chi connectivity index (χ0n) is 6.86. The van der Waals surface area contributed by atoms with Crippen LogP contribution in [0.2, 0.25) is 0 Å². The molecule has 1 heterocycles. The second-order valence-electron chi connectivity index (χ2n) is 2.78. The van der Waals surface area contributed by atoms with E-state index < -0.39 is 0 Å². The number of para-hydroxylation sites is 1. The Morgan fingerprint density at radius 1 is 1.38 bits per heavy atom. The molecule has 5 nitrogen and oxygen atoms in total. The molecule has 1 unspecified atom stereocenters. The van der Waals surface area contributed by atoms with Crippen LogP contribution in [0.3, 0.4) is 0 Å². The van der Waals surface area contributed by atoms with Crippen molar-refractivity contribution in [1.29, 1.82) is 0 Å². The SMILES string of the molecule is O=C1C[NH+]([O-])NN1c1ccccc1. The first-order valence-corrected chi connectivity index (χ1v) is 3.95.